The van der Waals surface area contributed by atoms with Crippen LogP contribution in [0.15, 0.2) is 73.3 Å². The molecular formula is C22H24N2O3. The van der Waals surface area contributed by atoms with Gasteiger partial charge in [0.1, 0.15) is 0 Å². The number of hydrogen-bond acceptors (Lipinski definition) is 4. The van der Waals surface area contributed by atoms with Crippen molar-refractivity contribution in [3.8, 4) is 5.69 Å². The van der Waals surface area contributed by atoms with E-state index in [-0.39, 0.29) is 6.10 Å². The zero-order valence-corrected chi connectivity index (χ0v) is 15.5. The summed E-state index contributed by atoms with van der Waals surface area (Å²) in [5, 5.41) is 0. The molecule has 1 saturated heterocycles. The highest BCUT2D eigenvalue weighted by Gasteiger charge is 2.40. The van der Waals surface area contributed by atoms with Gasteiger partial charge in [-0.25, -0.2) is 4.98 Å². The second-order valence-electron chi connectivity index (χ2n) is 6.74. The van der Waals surface area contributed by atoms with Gasteiger partial charge in [0.15, 0.2) is 5.79 Å². The van der Waals surface area contributed by atoms with Crippen molar-refractivity contribution in [1.82, 2.24) is 9.55 Å². The molecule has 2 heterocycles. The highest BCUT2D eigenvalue weighted by Crippen LogP contribution is 2.38. The first-order chi connectivity index (χ1) is 13.3. The standard InChI is InChI=1S/C22H24N2O3/c1-25-21-11-14-26-22(15-21,19-5-3-2-4-6-19)27-16-18-7-9-20(10-8-18)24-13-12-23-17-24/h2-10,12-13,17,21H,11,14-16H2,1H3. The van der Waals surface area contributed by atoms with E-state index < -0.39 is 5.79 Å². The van der Waals surface area contributed by atoms with E-state index in [4.69, 9.17) is 14.2 Å². The largest absolute Gasteiger partial charge is 0.381 e. The molecule has 0 N–H and O–H groups in total. The van der Waals surface area contributed by atoms with Gasteiger partial charge in [-0.1, -0.05) is 42.5 Å². The molecule has 5 nitrogen and oxygen atoms in total. The maximum absolute atomic E-state index is 6.38. The molecule has 0 aliphatic carbocycles. The van der Waals surface area contributed by atoms with E-state index in [1.54, 1.807) is 19.6 Å². The number of imidazole rings is 1. The number of nitrogens with zero attached hydrogens (tertiary/aromatic N) is 2. The SMILES string of the molecule is COC1CCOC(OCc2ccc(-n3ccnc3)cc2)(c2ccccc2)C1. The Morgan fingerprint density at radius 3 is 2.67 bits per heavy atom. The van der Waals surface area contributed by atoms with Crippen LogP contribution in [0.4, 0.5) is 0 Å². The normalized spacial score (nSPS) is 22.6. The summed E-state index contributed by atoms with van der Waals surface area (Å²) >= 11 is 0. The summed E-state index contributed by atoms with van der Waals surface area (Å²) in [6.07, 6.45) is 7.18. The molecule has 0 amide bonds. The summed E-state index contributed by atoms with van der Waals surface area (Å²) in [5.74, 6) is -0.775. The van der Waals surface area contributed by atoms with Gasteiger partial charge in [0.2, 0.25) is 0 Å². The third-order valence-corrected chi connectivity index (χ3v) is 5.03. The summed E-state index contributed by atoms with van der Waals surface area (Å²) in [7, 11) is 1.75. The number of ether oxygens (including phenoxy) is 3. The van der Waals surface area contributed by atoms with Crippen molar-refractivity contribution in [2.45, 2.75) is 31.3 Å². The Kier molecular flexibility index (Phi) is 5.34. The molecule has 2 unspecified atom stereocenters. The van der Waals surface area contributed by atoms with E-state index in [0.29, 0.717) is 19.6 Å². The highest BCUT2D eigenvalue weighted by molar-refractivity contribution is 5.34. The van der Waals surface area contributed by atoms with Gasteiger partial charge in [-0.3, -0.25) is 0 Å². The lowest BCUT2D eigenvalue weighted by atomic mass is 9.95. The van der Waals surface area contributed by atoms with Crippen LogP contribution in [-0.2, 0) is 26.6 Å². The fourth-order valence-corrected chi connectivity index (χ4v) is 3.47. The molecule has 0 saturated carbocycles. The molecule has 0 radical (unpaired) electrons. The molecular weight excluding hydrogens is 340 g/mol. The first-order valence-electron chi connectivity index (χ1n) is 9.22. The summed E-state index contributed by atoms with van der Waals surface area (Å²) in [5.41, 5.74) is 3.20. The molecule has 0 spiro atoms. The molecule has 4 rings (SSSR count). The van der Waals surface area contributed by atoms with Gasteiger partial charge in [-0.2, -0.15) is 0 Å². The van der Waals surface area contributed by atoms with Crippen LogP contribution in [0.25, 0.3) is 5.69 Å². The van der Waals surface area contributed by atoms with Crippen LogP contribution in [0.3, 0.4) is 0 Å². The third-order valence-electron chi connectivity index (χ3n) is 5.03. The Hall–Kier alpha value is -2.47. The molecule has 5 heteroatoms. The summed E-state index contributed by atoms with van der Waals surface area (Å²) in [6, 6.07) is 18.4. The Balaban J connectivity index is 1.52. The lowest BCUT2D eigenvalue weighted by Crippen LogP contribution is -2.42. The third kappa shape index (κ3) is 3.95. The predicted octanol–water partition coefficient (Wildman–Crippen LogP) is 4.07. The number of benzene rings is 2. The monoisotopic (exact) mass is 364 g/mol. The van der Waals surface area contributed by atoms with Crippen molar-refractivity contribution in [2.24, 2.45) is 0 Å². The zero-order valence-electron chi connectivity index (χ0n) is 15.5. The van der Waals surface area contributed by atoms with Crippen LogP contribution in [0.5, 0.6) is 0 Å². The molecule has 1 fully saturated rings. The maximum atomic E-state index is 6.38. The number of aromatic nitrogens is 2. The van der Waals surface area contributed by atoms with Gasteiger partial charge >= 0.3 is 0 Å². The van der Waals surface area contributed by atoms with Crippen LogP contribution in [0, 0.1) is 0 Å². The summed E-state index contributed by atoms with van der Waals surface area (Å²) in [4.78, 5) is 4.09. The van der Waals surface area contributed by atoms with Crippen molar-refractivity contribution in [1.29, 1.82) is 0 Å². The minimum atomic E-state index is -0.775. The Bertz CT molecular complexity index is 834. The van der Waals surface area contributed by atoms with Crippen LogP contribution in [0.2, 0.25) is 0 Å². The fraction of sp³-hybridized carbons (Fsp3) is 0.318. The van der Waals surface area contributed by atoms with Crippen LogP contribution < -0.4 is 0 Å². The molecule has 140 valence electrons. The van der Waals surface area contributed by atoms with E-state index >= 15 is 0 Å². The maximum Gasteiger partial charge on any atom is 0.197 e. The molecule has 2 aromatic carbocycles. The predicted molar refractivity (Wildman–Crippen MR) is 102 cm³/mol. The van der Waals surface area contributed by atoms with Crippen molar-refractivity contribution < 1.29 is 14.2 Å². The first kappa shape index (κ1) is 17.9. The van der Waals surface area contributed by atoms with Crippen molar-refractivity contribution in [3.05, 3.63) is 84.4 Å². The second-order valence-corrected chi connectivity index (χ2v) is 6.74. The first-order valence-corrected chi connectivity index (χ1v) is 9.22. The molecule has 0 bridgehead atoms. The van der Waals surface area contributed by atoms with E-state index in [1.807, 2.05) is 29.0 Å². The van der Waals surface area contributed by atoms with Crippen LogP contribution >= 0.6 is 0 Å². The average molecular weight is 364 g/mol. The number of hydrogen-bond donors (Lipinski definition) is 0. The van der Waals surface area contributed by atoms with Gasteiger partial charge in [0, 0.05) is 37.2 Å². The van der Waals surface area contributed by atoms with Gasteiger partial charge in [-0.15, -0.1) is 0 Å². The molecule has 1 aromatic heterocycles. The lowest BCUT2D eigenvalue weighted by Gasteiger charge is -2.40. The van der Waals surface area contributed by atoms with Gasteiger partial charge in [0.25, 0.3) is 0 Å². The topological polar surface area (TPSA) is 45.5 Å². The quantitative estimate of drug-likeness (QED) is 0.661. The van der Waals surface area contributed by atoms with E-state index in [1.165, 1.54) is 0 Å². The highest BCUT2D eigenvalue weighted by atomic mass is 16.7. The van der Waals surface area contributed by atoms with Gasteiger partial charge in [0.05, 0.1) is 25.6 Å². The van der Waals surface area contributed by atoms with E-state index in [0.717, 1.165) is 23.2 Å². The smallest absolute Gasteiger partial charge is 0.197 e. The summed E-state index contributed by atoms with van der Waals surface area (Å²) < 4.78 is 20.1. The van der Waals surface area contributed by atoms with Gasteiger partial charge in [-0.05, 0) is 24.1 Å². The molecule has 2 atom stereocenters. The fourth-order valence-electron chi connectivity index (χ4n) is 3.47. The van der Waals surface area contributed by atoms with Gasteiger partial charge < -0.3 is 18.8 Å². The zero-order chi connectivity index (χ0) is 18.5. The van der Waals surface area contributed by atoms with Crippen molar-refractivity contribution in [3.63, 3.8) is 0 Å². The van der Waals surface area contributed by atoms with Crippen molar-refractivity contribution in [2.75, 3.05) is 13.7 Å². The molecule has 1 aliphatic heterocycles. The number of methoxy groups -OCH3 is 1. The Morgan fingerprint density at radius 1 is 1.15 bits per heavy atom. The molecule has 1 aliphatic rings. The minimum Gasteiger partial charge on any atom is -0.381 e. The number of rotatable bonds is 6. The van der Waals surface area contributed by atoms with Crippen molar-refractivity contribution >= 4 is 0 Å². The molecule has 3 aromatic rings. The Labute approximate surface area is 159 Å². The second kappa shape index (κ2) is 8.05. The average Bonchev–Trinajstić information content (AvgIpc) is 3.28. The minimum absolute atomic E-state index is 0.127. The lowest BCUT2D eigenvalue weighted by molar-refractivity contribution is -0.288. The van der Waals surface area contributed by atoms with Crippen LogP contribution in [0.1, 0.15) is 24.0 Å². The van der Waals surface area contributed by atoms with Crippen LogP contribution in [-0.4, -0.2) is 29.4 Å². The van der Waals surface area contributed by atoms with E-state index in [2.05, 4.69) is 41.4 Å². The Morgan fingerprint density at radius 2 is 1.96 bits per heavy atom. The summed E-state index contributed by atoms with van der Waals surface area (Å²) in [6.45, 7) is 1.09. The molecule has 27 heavy (non-hydrogen) atoms. The van der Waals surface area contributed by atoms with E-state index in [9.17, 15) is 0 Å².